The van der Waals surface area contributed by atoms with E-state index in [0.29, 0.717) is 4.57 Å². The van der Waals surface area contributed by atoms with Crippen molar-refractivity contribution in [3.05, 3.63) is 22.7 Å². The Morgan fingerprint density at radius 3 is 2.28 bits per heavy atom. The maximum atomic E-state index is 12.0. The number of nitrogens with two attached hydrogens (primary N) is 1. The van der Waals surface area contributed by atoms with Crippen molar-refractivity contribution in [2.24, 2.45) is 0 Å². The van der Waals surface area contributed by atoms with Crippen molar-refractivity contribution in [3.8, 4) is 0 Å². The minimum atomic E-state index is -5.82. The van der Waals surface area contributed by atoms with Crippen LogP contribution in [0.15, 0.2) is 17.1 Å². The molecule has 166 valence electrons. The molecule has 0 aromatic carbocycles. The Morgan fingerprint density at radius 1 is 1.17 bits per heavy atom. The van der Waals surface area contributed by atoms with Gasteiger partial charge in [0.15, 0.2) is 6.23 Å². The maximum Gasteiger partial charge on any atom is 0.490 e. The van der Waals surface area contributed by atoms with Crippen LogP contribution < -0.4 is 11.4 Å². The number of anilines is 1. The van der Waals surface area contributed by atoms with E-state index >= 15 is 0 Å². The Kier molecular flexibility index (Phi) is 6.61. The third kappa shape index (κ3) is 5.99. The third-order valence-electron chi connectivity index (χ3n) is 3.35. The molecule has 2 heterocycles. The zero-order valence-corrected chi connectivity index (χ0v) is 16.8. The molecule has 0 amide bonds. The molecule has 2 rings (SSSR count). The second kappa shape index (κ2) is 7.90. The maximum absolute atomic E-state index is 12.0. The average Bonchev–Trinajstić information content (AvgIpc) is 2.67. The van der Waals surface area contributed by atoms with Crippen LogP contribution in [0.25, 0.3) is 0 Å². The number of phosphoric ester groups is 1. The fourth-order valence-corrected chi connectivity index (χ4v) is 5.54. The molecule has 1 aliphatic heterocycles. The standard InChI is InChI=1S/C9H16N3O14P3/c1-9(24-28(19,20)26-29(21,22)25-27(16,17)18)6(14)5(13)7(23-9)12-3-2-4(10)11-8(12)15/h2-3,5-7,13-14H,1H3,(H,19,20)(H,21,22)(H2,10,11,15)(H2,16,17,18). The van der Waals surface area contributed by atoms with Crippen LogP contribution in [0.5, 0.6) is 0 Å². The van der Waals surface area contributed by atoms with E-state index in [1.54, 1.807) is 0 Å². The van der Waals surface area contributed by atoms with Crippen LogP contribution in [0.2, 0.25) is 0 Å². The van der Waals surface area contributed by atoms with Gasteiger partial charge in [-0.05, 0) is 13.0 Å². The highest BCUT2D eigenvalue weighted by atomic mass is 31.3. The van der Waals surface area contributed by atoms with E-state index in [4.69, 9.17) is 25.2 Å². The van der Waals surface area contributed by atoms with E-state index < -0.39 is 53.4 Å². The fraction of sp³-hybridized carbons (Fsp3) is 0.556. The van der Waals surface area contributed by atoms with Gasteiger partial charge in [0.2, 0.25) is 5.79 Å². The number of aliphatic hydroxyl groups excluding tert-OH is 2. The Morgan fingerprint density at radius 2 is 1.76 bits per heavy atom. The Bertz CT molecular complexity index is 977. The summed E-state index contributed by atoms with van der Waals surface area (Å²) < 4.78 is 51.3. The highest BCUT2D eigenvalue weighted by Gasteiger charge is 2.57. The lowest BCUT2D eigenvalue weighted by atomic mass is 10.1. The van der Waals surface area contributed by atoms with Crippen molar-refractivity contribution >= 4 is 29.3 Å². The summed E-state index contributed by atoms with van der Waals surface area (Å²) in [5, 5.41) is 20.2. The van der Waals surface area contributed by atoms with Gasteiger partial charge >= 0.3 is 29.2 Å². The molecule has 20 heteroatoms. The zero-order chi connectivity index (χ0) is 22.4. The first-order chi connectivity index (χ1) is 12.9. The van der Waals surface area contributed by atoms with Crippen molar-refractivity contribution in [2.75, 3.05) is 5.73 Å². The van der Waals surface area contributed by atoms with Crippen LogP contribution in [-0.2, 0) is 31.6 Å². The molecule has 6 atom stereocenters. The number of nitrogen functional groups attached to an aromatic ring is 1. The summed E-state index contributed by atoms with van der Waals surface area (Å²) in [6, 6.07) is 1.14. The molecular formula is C9H16N3O14P3. The number of aliphatic hydroxyl groups is 2. The molecule has 0 bridgehead atoms. The summed E-state index contributed by atoms with van der Waals surface area (Å²) >= 11 is 0. The van der Waals surface area contributed by atoms with Crippen molar-refractivity contribution < 1.29 is 61.4 Å². The molecule has 0 saturated carbocycles. The van der Waals surface area contributed by atoms with Crippen molar-refractivity contribution in [1.29, 1.82) is 0 Å². The van der Waals surface area contributed by atoms with Crippen LogP contribution in [0, 0.1) is 0 Å². The predicted octanol–water partition coefficient (Wildman–Crippen LogP) is -1.86. The summed E-state index contributed by atoms with van der Waals surface area (Å²) in [6.45, 7) is 0.801. The van der Waals surface area contributed by atoms with Gasteiger partial charge in [0.25, 0.3) is 0 Å². The smallest absolute Gasteiger partial charge is 0.385 e. The highest BCUT2D eigenvalue weighted by molar-refractivity contribution is 7.66. The lowest BCUT2D eigenvalue weighted by molar-refractivity contribution is -0.214. The van der Waals surface area contributed by atoms with Gasteiger partial charge in [0.1, 0.15) is 18.0 Å². The molecule has 1 fully saturated rings. The molecular weight excluding hydrogens is 467 g/mol. The number of hydrogen-bond donors (Lipinski definition) is 7. The quantitative estimate of drug-likeness (QED) is 0.209. The minimum Gasteiger partial charge on any atom is -0.385 e. The number of hydrogen-bond acceptors (Lipinski definition) is 12. The molecule has 1 aromatic rings. The number of phosphoric acid groups is 3. The number of nitrogens with zero attached hydrogens (tertiary/aromatic N) is 2. The lowest BCUT2D eigenvalue weighted by Crippen LogP contribution is -2.42. The van der Waals surface area contributed by atoms with E-state index in [-0.39, 0.29) is 5.82 Å². The molecule has 0 spiro atoms. The number of aromatic nitrogens is 2. The van der Waals surface area contributed by atoms with E-state index in [2.05, 4.69) is 18.1 Å². The van der Waals surface area contributed by atoms with Gasteiger partial charge in [0.05, 0.1) is 0 Å². The average molecular weight is 483 g/mol. The molecule has 6 unspecified atom stereocenters. The van der Waals surface area contributed by atoms with Gasteiger partial charge in [-0.25, -0.2) is 18.5 Å². The predicted molar refractivity (Wildman–Crippen MR) is 88.4 cm³/mol. The normalized spacial score (nSPS) is 31.9. The Labute approximate surface area is 160 Å². The molecule has 1 saturated heterocycles. The van der Waals surface area contributed by atoms with E-state index in [9.17, 15) is 33.6 Å². The van der Waals surface area contributed by atoms with Crippen LogP contribution in [-0.4, -0.2) is 57.3 Å². The summed E-state index contributed by atoms with van der Waals surface area (Å²) in [6.07, 6.45) is -4.73. The fourth-order valence-electron chi connectivity index (χ4n) is 2.29. The zero-order valence-electron chi connectivity index (χ0n) is 14.1. The molecule has 1 aromatic heterocycles. The Balaban J connectivity index is 2.25. The second-order valence-electron chi connectivity index (χ2n) is 5.68. The van der Waals surface area contributed by atoms with E-state index in [1.165, 1.54) is 0 Å². The van der Waals surface area contributed by atoms with Crippen LogP contribution in [0.4, 0.5) is 5.82 Å². The first kappa shape index (κ1) is 24.2. The third-order valence-corrected chi connectivity index (χ3v) is 7.27. The highest BCUT2D eigenvalue weighted by Crippen LogP contribution is 2.67. The van der Waals surface area contributed by atoms with Gasteiger partial charge in [-0.2, -0.15) is 13.6 Å². The lowest BCUT2D eigenvalue weighted by Gasteiger charge is -2.29. The van der Waals surface area contributed by atoms with Crippen LogP contribution in [0.1, 0.15) is 13.2 Å². The Hall–Kier alpha value is -1.03. The van der Waals surface area contributed by atoms with Gasteiger partial charge < -0.3 is 40.3 Å². The summed E-state index contributed by atoms with van der Waals surface area (Å²) in [5.74, 6) is -2.78. The molecule has 1 aliphatic rings. The summed E-state index contributed by atoms with van der Waals surface area (Å²) in [5.41, 5.74) is 4.30. The SMILES string of the molecule is CC1(OP(=O)(O)OP(=O)(O)OP(=O)(O)O)OC(n2ccc(N)nc2=O)C(O)C1O. The number of ether oxygens (including phenoxy) is 1. The summed E-state index contributed by atoms with van der Waals surface area (Å²) in [4.78, 5) is 50.9. The van der Waals surface area contributed by atoms with Gasteiger partial charge in [-0.1, -0.05) is 0 Å². The van der Waals surface area contributed by atoms with Gasteiger partial charge in [-0.15, -0.1) is 0 Å². The van der Waals surface area contributed by atoms with Crippen molar-refractivity contribution in [1.82, 2.24) is 9.55 Å². The second-order valence-corrected chi connectivity index (χ2v) is 10.0. The van der Waals surface area contributed by atoms with E-state index in [1.807, 2.05) is 0 Å². The van der Waals surface area contributed by atoms with Gasteiger partial charge in [-0.3, -0.25) is 9.09 Å². The van der Waals surface area contributed by atoms with E-state index in [0.717, 1.165) is 19.2 Å². The monoisotopic (exact) mass is 483 g/mol. The topological polar surface area (TPSA) is 270 Å². The molecule has 17 nitrogen and oxygen atoms in total. The molecule has 29 heavy (non-hydrogen) atoms. The van der Waals surface area contributed by atoms with Crippen molar-refractivity contribution in [3.63, 3.8) is 0 Å². The molecule has 0 radical (unpaired) electrons. The minimum absolute atomic E-state index is 0.171. The van der Waals surface area contributed by atoms with Crippen LogP contribution >= 0.6 is 23.5 Å². The van der Waals surface area contributed by atoms with Crippen LogP contribution in [0.3, 0.4) is 0 Å². The molecule has 8 N–H and O–H groups in total. The van der Waals surface area contributed by atoms with Crippen molar-refractivity contribution in [2.45, 2.75) is 31.1 Å². The first-order valence-electron chi connectivity index (χ1n) is 7.18. The largest absolute Gasteiger partial charge is 0.490 e. The van der Waals surface area contributed by atoms with Gasteiger partial charge in [0, 0.05) is 6.20 Å². The summed E-state index contributed by atoms with van der Waals surface area (Å²) in [7, 11) is -17.2. The number of rotatable bonds is 7. The first-order valence-corrected chi connectivity index (χ1v) is 11.7. The molecule has 0 aliphatic carbocycles.